The molecule has 0 atom stereocenters. The third kappa shape index (κ3) is 3.65. The average Bonchev–Trinajstić information content (AvgIpc) is 2.90. The summed E-state index contributed by atoms with van der Waals surface area (Å²) in [7, 11) is -0.764. The van der Waals surface area contributed by atoms with E-state index in [0.717, 1.165) is 6.26 Å². The first-order valence-electron chi connectivity index (χ1n) is 7.50. The average molecular weight is 376 g/mol. The van der Waals surface area contributed by atoms with Crippen LogP contribution in [0.15, 0.2) is 42.2 Å². The zero-order chi connectivity index (χ0) is 18.9. The van der Waals surface area contributed by atoms with Crippen molar-refractivity contribution in [3.8, 4) is 23.0 Å². The van der Waals surface area contributed by atoms with Crippen LogP contribution in [-0.4, -0.2) is 34.7 Å². The van der Waals surface area contributed by atoms with E-state index >= 15 is 0 Å². The lowest BCUT2D eigenvalue weighted by molar-refractivity contribution is 0.101. The summed E-state index contributed by atoms with van der Waals surface area (Å²) in [5.41, 5.74) is 1.03. The maximum Gasteiger partial charge on any atom is 0.306 e. The summed E-state index contributed by atoms with van der Waals surface area (Å²) in [6, 6.07) is 9.55. The van der Waals surface area contributed by atoms with Crippen LogP contribution in [0.5, 0.6) is 23.0 Å². The largest absolute Gasteiger partial charge is 0.497 e. The molecule has 2 aromatic carbocycles. The molecular weight excluding hydrogens is 360 g/mol. The van der Waals surface area contributed by atoms with Gasteiger partial charge in [-0.05, 0) is 35.9 Å². The Kier molecular flexibility index (Phi) is 4.60. The van der Waals surface area contributed by atoms with Gasteiger partial charge in [-0.25, -0.2) is 0 Å². The molecule has 0 N–H and O–H groups in total. The molecule has 0 bridgehead atoms. The molecule has 1 heterocycles. The Bertz CT molecular complexity index is 1010. The molecule has 1 aliphatic heterocycles. The van der Waals surface area contributed by atoms with Crippen LogP contribution in [0.4, 0.5) is 0 Å². The van der Waals surface area contributed by atoms with Crippen molar-refractivity contribution in [3.05, 3.63) is 53.3 Å². The van der Waals surface area contributed by atoms with Crippen LogP contribution in [-0.2, 0) is 10.1 Å². The van der Waals surface area contributed by atoms with Gasteiger partial charge >= 0.3 is 10.1 Å². The Hall–Kier alpha value is -3.00. The SMILES string of the molecule is COc1ccc2c(c1)O/C(=C\c1ccc(OS(C)(=O)=O)c(OC)c1)C2=O. The number of hydrogen-bond acceptors (Lipinski definition) is 7. The van der Waals surface area contributed by atoms with Crippen molar-refractivity contribution in [1.29, 1.82) is 0 Å². The Balaban J connectivity index is 1.92. The molecule has 0 fully saturated rings. The highest BCUT2D eigenvalue weighted by Gasteiger charge is 2.27. The Morgan fingerprint density at radius 3 is 2.42 bits per heavy atom. The molecule has 7 nitrogen and oxygen atoms in total. The van der Waals surface area contributed by atoms with Crippen molar-refractivity contribution < 1.29 is 31.6 Å². The van der Waals surface area contributed by atoms with Crippen LogP contribution in [0.25, 0.3) is 6.08 Å². The first-order chi connectivity index (χ1) is 12.3. The van der Waals surface area contributed by atoms with Gasteiger partial charge in [0.25, 0.3) is 0 Å². The Morgan fingerprint density at radius 1 is 1.00 bits per heavy atom. The summed E-state index contributed by atoms with van der Waals surface area (Å²) in [6.45, 7) is 0. The first-order valence-corrected chi connectivity index (χ1v) is 9.32. The summed E-state index contributed by atoms with van der Waals surface area (Å²) in [6.07, 6.45) is 2.49. The molecular formula is C18H16O7S. The molecule has 2 aromatic rings. The predicted molar refractivity (Wildman–Crippen MR) is 94.4 cm³/mol. The van der Waals surface area contributed by atoms with Gasteiger partial charge in [-0.3, -0.25) is 4.79 Å². The molecule has 1 aliphatic rings. The number of allylic oxidation sites excluding steroid dienone is 1. The van der Waals surface area contributed by atoms with Crippen LogP contribution in [0.1, 0.15) is 15.9 Å². The molecule has 0 unspecified atom stereocenters. The molecule has 0 aliphatic carbocycles. The standard InChI is InChI=1S/C18H16O7S/c1-22-12-5-6-13-15(10-12)24-17(18(13)19)9-11-4-7-14(16(8-11)23-2)25-26(3,20)21/h4-10H,1-3H3/b17-9-. The number of fused-ring (bicyclic) bond motifs is 1. The zero-order valence-corrected chi connectivity index (χ0v) is 15.1. The summed E-state index contributed by atoms with van der Waals surface area (Å²) in [5.74, 6) is 1.18. The van der Waals surface area contributed by atoms with Gasteiger partial charge < -0.3 is 18.4 Å². The van der Waals surface area contributed by atoms with Gasteiger partial charge in [-0.1, -0.05) is 6.07 Å². The number of methoxy groups -OCH3 is 2. The number of ketones is 1. The molecule has 0 radical (unpaired) electrons. The number of rotatable bonds is 5. The molecule has 136 valence electrons. The topological polar surface area (TPSA) is 88.1 Å². The van der Waals surface area contributed by atoms with Gasteiger partial charge in [-0.15, -0.1) is 0 Å². The molecule has 3 rings (SSSR count). The summed E-state index contributed by atoms with van der Waals surface area (Å²) < 4.78 is 43.3. The maximum atomic E-state index is 12.4. The Labute approximate surface area is 150 Å². The van der Waals surface area contributed by atoms with E-state index in [1.54, 1.807) is 36.4 Å². The van der Waals surface area contributed by atoms with Gasteiger partial charge in [0.15, 0.2) is 17.3 Å². The van der Waals surface area contributed by atoms with E-state index < -0.39 is 10.1 Å². The molecule has 0 saturated heterocycles. The molecule has 0 aromatic heterocycles. The van der Waals surface area contributed by atoms with E-state index in [9.17, 15) is 13.2 Å². The van der Waals surface area contributed by atoms with E-state index in [-0.39, 0.29) is 23.0 Å². The highest BCUT2D eigenvalue weighted by atomic mass is 32.2. The van der Waals surface area contributed by atoms with E-state index in [1.807, 2.05) is 0 Å². The minimum atomic E-state index is -3.68. The second-order valence-electron chi connectivity index (χ2n) is 5.50. The number of benzene rings is 2. The highest BCUT2D eigenvalue weighted by Crippen LogP contribution is 2.36. The highest BCUT2D eigenvalue weighted by molar-refractivity contribution is 7.86. The first kappa shape index (κ1) is 17.8. The van der Waals surface area contributed by atoms with Crippen LogP contribution in [0.3, 0.4) is 0 Å². The second-order valence-corrected chi connectivity index (χ2v) is 7.07. The van der Waals surface area contributed by atoms with Crippen LogP contribution in [0.2, 0.25) is 0 Å². The quantitative estimate of drug-likeness (QED) is 0.585. The van der Waals surface area contributed by atoms with Gasteiger partial charge in [0.2, 0.25) is 5.78 Å². The van der Waals surface area contributed by atoms with Crippen LogP contribution in [0, 0.1) is 0 Å². The zero-order valence-electron chi connectivity index (χ0n) is 14.3. The number of Topliss-reactive ketones (excluding diaryl/α,β-unsaturated/α-hetero) is 1. The fraction of sp³-hybridized carbons (Fsp3) is 0.167. The molecule has 0 amide bonds. The van der Waals surface area contributed by atoms with E-state index in [0.29, 0.717) is 22.6 Å². The number of hydrogen-bond donors (Lipinski definition) is 0. The van der Waals surface area contributed by atoms with Crippen molar-refractivity contribution >= 4 is 22.0 Å². The lowest BCUT2D eigenvalue weighted by atomic mass is 10.1. The van der Waals surface area contributed by atoms with Gasteiger partial charge in [0.05, 0.1) is 26.0 Å². The van der Waals surface area contributed by atoms with Gasteiger partial charge in [-0.2, -0.15) is 8.42 Å². The second kappa shape index (κ2) is 6.72. The van der Waals surface area contributed by atoms with E-state index in [2.05, 4.69) is 0 Å². The monoisotopic (exact) mass is 376 g/mol. The van der Waals surface area contributed by atoms with Gasteiger partial charge in [0.1, 0.15) is 11.5 Å². The third-order valence-electron chi connectivity index (χ3n) is 3.60. The summed E-state index contributed by atoms with van der Waals surface area (Å²) in [4.78, 5) is 12.4. The third-order valence-corrected chi connectivity index (χ3v) is 4.09. The van der Waals surface area contributed by atoms with Crippen LogP contribution < -0.4 is 18.4 Å². The lowest BCUT2D eigenvalue weighted by Gasteiger charge is -2.09. The fourth-order valence-electron chi connectivity index (χ4n) is 2.45. The predicted octanol–water partition coefficient (Wildman–Crippen LogP) is 2.66. The normalized spacial score (nSPS) is 14.7. The summed E-state index contributed by atoms with van der Waals surface area (Å²) in [5, 5.41) is 0. The Morgan fingerprint density at radius 2 is 1.77 bits per heavy atom. The molecule has 0 spiro atoms. The maximum absolute atomic E-state index is 12.4. The fourth-order valence-corrected chi connectivity index (χ4v) is 2.92. The van der Waals surface area contributed by atoms with Crippen molar-refractivity contribution in [2.45, 2.75) is 0 Å². The molecule has 26 heavy (non-hydrogen) atoms. The van der Waals surface area contributed by atoms with E-state index in [1.165, 1.54) is 20.3 Å². The van der Waals surface area contributed by atoms with Crippen molar-refractivity contribution in [1.82, 2.24) is 0 Å². The minimum absolute atomic E-state index is 0.0591. The number of carbonyl (C=O) groups excluding carboxylic acids is 1. The number of carbonyl (C=O) groups is 1. The van der Waals surface area contributed by atoms with Crippen molar-refractivity contribution in [3.63, 3.8) is 0 Å². The molecule has 8 heteroatoms. The van der Waals surface area contributed by atoms with Crippen molar-refractivity contribution in [2.24, 2.45) is 0 Å². The molecule has 0 saturated carbocycles. The van der Waals surface area contributed by atoms with Crippen LogP contribution >= 0.6 is 0 Å². The summed E-state index contributed by atoms with van der Waals surface area (Å²) >= 11 is 0. The lowest BCUT2D eigenvalue weighted by Crippen LogP contribution is -2.07. The smallest absolute Gasteiger partial charge is 0.306 e. The van der Waals surface area contributed by atoms with Crippen molar-refractivity contribution in [2.75, 3.05) is 20.5 Å². The van der Waals surface area contributed by atoms with E-state index in [4.69, 9.17) is 18.4 Å². The number of ether oxygens (including phenoxy) is 3. The van der Waals surface area contributed by atoms with Gasteiger partial charge in [0, 0.05) is 6.07 Å². The minimum Gasteiger partial charge on any atom is -0.497 e.